The molecule has 1 aromatic carbocycles. The second-order valence-electron chi connectivity index (χ2n) is 4.54. The van der Waals surface area contributed by atoms with Crippen molar-refractivity contribution in [2.24, 2.45) is 0 Å². The van der Waals surface area contributed by atoms with Crippen molar-refractivity contribution in [3.8, 4) is 5.75 Å². The van der Waals surface area contributed by atoms with Gasteiger partial charge in [-0.15, -0.1) is 0 Å². The molecule has 0 aliphatic carbocycles. The molecule has 0 unspecified atom stereocenters. The van der Waals surface area contributed by atoms with E-state index in [1.807, 2.05) is 0 Å². The number of likely N-dealkylation sites (N-methyl/N-ethyl adjacent to an activating group) is 1. The van der Waals surface area contributed by atoms with Gasteiger partial charge in [-0.2, -0.15) is 0 Å². The summed E-state index contributed by atoms with van der Waals surface area (Å²) in [5, 5.41) is 0. The summed E-state index contributed by atoms with van der Waals surface area (Å²) in [6, 6.07) is 6.87. The standard InChI is InChI=1S/C15H21NO3/c1-4-5-9-16(3)15(18)11-19-14-8-6-7-13(10-14)12(2)17/h6-8,10H,4-5,9,11H2,1-3H3. The number of unbranched alkanes of at least 4 members (excludes halogenated alkanes) is 1. The second-order valence-corrected chi connectivity index (χ2v) is 4.54. The van der Waals surface area contributed by atoms with Gasteiger partial charge in [-0.25, -0.2) is 0 Å². The fraction of sp³-hybridized carbons (Fsp3) is 0.467. The maximum Gasteiger partial charge on any atom is 0.260 e. The van der Waals surface area contributed by atoms with Gasteiger partial charge in [-0.3, -0.25) is 9.59 Å². The first kappa shape index (κ1) is 15.2. The third kappa shape index (κ3) is 5.12. The van der Waals surface area contributed by atoms with Gasteiger partial charge in [0, 0.05) is 19.2 Å². The first-order valence-electron chi connectivity index (χ1n) is 6.52. The van der Waals surface area contributed by atoms with E-state index in [0.29, 0.717) is 11.3 Å². The normalized spacial score (nSPS) is 10.1. The fourth-order valence-corrected chi connectivity index (χ4v) is 1.58. The van der Waals surface area contributed by atoms with E-state index in [2.05, 4.69) is 6.92 Å². The number of benzene rings is 1. The third-order valence-electron chi connectivity index (χ3n) is 2.88. The number of ketones is 1. The first-order valence-corrected chi connectivity index (χ1v) is 6.52. The van der Waals surface area contributed by atoms with Crippen LogP contribution in [-0.2, 0) is 4.79 Å². The minimum absolute atomic E-state index is 0.00156. The molecule has 4 heteroatoms. The zero-order valence-corrected chi connectivity index (χ0v) is 11.8. The van der Waals surface area contributed by atoms with Crippen LogP contribution in [0.15, 0.2) is 24.3 Å². The number of hydrogen-bond donors (Lipinski definition) is 0. The largest absolute Gasteiger partial charge is 0.484 e. The fourth-order valence-electron chi connectivity index (χ4n) is 1.58. The SMILES string of the molecule is CCCCN(C)C(=O)COc1cccc(C(C)=O)c1. The number of carbonyl (C=O) groups excluding carboxylic acids is 2. The third-order valence-corrected chi connectivity index (χ3v) is 2.88. The molecule has 4 nitrogen and oxygen atoms in total. The Bertz CT molecular complexity index is 443. The van der Waals surface area contributed by atoms with Crippen LogP contribution in [0, 0.1) is 0 Å². The van der Waals surface area contributed by atoms with Crippen LogP contribution in [0.5, 0.6) is 5.75 Å². The number of ether oxygens (including phenoxy) is 1. The number of carbonyl (C=O) groups is 2. The number of rotatable bonds is 7. The van der Waals surface area contributed by atoms with Gasteiger partial charge in [-0.1, -0.05) is 25.5 Å². The first-order chi connectivity index (χ1) is 9.04. The van der Waals surface area contributed by atoms with Crippen LogP contribution in [0.25, 0.3) is 0 Å². The molecule has 0 fully saturated rings. The summed E-state index contributed by atoms with van der Waals surface area (Å²) >= 11 is 0. The Morgan fingerprint density at radius 2 is 2.05 bits per heavy atom. The summed E-state index contributed by atoms with van der Waals surface area (Å²) in [7, 11) is 1.77. The van der Waals surface area contributed by atoms with E-state index in [-0.39, 0.29) is 18.3 Å². The molecule has 1 aromatic rings. The van der Waals surface area contributed by atoms with Gasteiger partial charge in [0.25, 0.3) is 5.91 Å². The molecule has 104 valence electrons. The molecular formula is C15H21NO3. The van der Waals surface area contributed by atoms with Gasteiger partial charge in [0.1, 0.15) is 5.75 Å². The van der Waals surface area contributed by atoms with Crippen molar-refractivity contribution < 1.29 is 14.3 Å². The number of hydrogen-bond acceptors (Lipinski definition) is 3. The van der Waals surface area contributed by atoms with Gasteiger partial charge >= 0.3 is 0 Å². The lowest BCUT2D eigenvalue weighted by molar-refractivity contribution is -0.132. The quantitative estimate of drug-likeness (QED) is 0.710. The highest BCUT2D eigenvalue weighted by atomic mass is 16.5. The van der Waals surface area contributed by atoms with Crippen LogP contribution in [-0.4, -0.2) is 36.8 Å². The smallest absolute Gasteiger partial charge is 0.260 e. The lowest BCUT2D eigenvalue weighted by Gasteiger charge is -2.17. The highest BCUT2D eigenvalue weighted by molar-refractivity contribution is 5.94. The summed E-state index contributed by atoms with van der Waals surface area (Å²) in [5.41, 5.74) is 0.587. The Labute approximate surface area is 114 Å². The van der Waals surface area contributed by atoms with E-state index in [0.717, 1.165) is 19.4 Å². The van der Waals surface area contributed by atoms with E-state index in [1.54, 1.807) is 36.2 Å². The topological polar surface area (TPSA) is 46.6 Å². The van der Waals surface area contributed by atoms with Gasteiger partial charge in [0.15, 0.2) is 12.4 Å². The minimum Gasteiger partial charge on any atom is -0.484 e. The number of Topliss-reactive ketones (excluding diaryl/α,β-unsaturated/α-hetero) is 1. The maximum atomic E-state index is 11.8. The van der Waals surface area contributed by atoms with E-state index in [4.69, 9.17) is 4.74 Å². The van der Waals surface area contributed by atoms with Crippen molar-refractivity contribution in [3.05, 3.63) is 29.8 Å². The lowest BCUT2D eigenvalue weighted by atomic mass is 10.1. The van der Waals surface area contributed by atoms with Crippen molar-refractivity contribution in [1.82, 2.24) is 4.90 Å². The Morgan fingerprint density at radius 1 is 1.32 bits per heavy atom. The lowest BCUT2D eigenvalue weighted by Crippen LogP contribution is -2.32. The van der Waals surface area contributed by atoms with Crippen molar-refractivity contribution in [3.63, 3.8) is 0 Å². The van der Waals surface area contributed by atoms with Crippen molar-refractivity contribution in [1.29, 1.82) is 0 Å². The predicted octanol–water partition coefficient (Wildman–Crippen LogP) is 2.53. The molecule has 0 saturated carbocycles. The van der Waals surface area contributed by atoms with Gasteiger partial charge in [-0.05, 0) is 25.5 Å². The van der Waals surface area contributed by atoms with Crippen LogP contribution >= 0.6 is 0 Å². The number of nitrogens with zero attached hydrogens (tertiary/aromatic N) is 1. The monoisotopic (exact) mass is 263 g/mol. The van der Waals surface area contributed by atoms with E-state index in [9.17, 15) is 9.59 Å². The van der Waals surface area contributed by atoms with Crippen molar-refractivity contribution in [2.45, 2.75) is 26.7 Å². The molecular weight excluding hydrogens is 242 g/mol. The molecule has 0 radical (unpaired) electrons. The van der Waals surface area contributed by atoms with Crippen LogP contribution < -0.4 is 4.74 Å². The highest BCUT2D eigenvalue weighted by Gasteiger charge is 2.09. The van der Waals surface area contributed by atoms with Gasteiger partial charge < -0.3 is 9.64 Å². The molecule has 0 aliphatic rings. The number of amides is 1. The molecule has 0 N–H and O–H groups in total. The second kappa shape index (κ2) is 7.56. The molecule has 1 rings (SSSR count). The van der Waals surface area contributed by atoms with Crippen LogP contribution in [0.1, 0.15) is 37.0 Å². The molecule has 0 aliphatic heterocycles. The van der Waals surface area contributed by atoms with Crippen molar-refractivity contribution in [2.75, 3.05) is 20.2 Å². The molecule has 0 bridgehead atoms. The summed E-state index contributed by atoms with van der Waals surface area (Å²) < 4.78 is 5.42. The predicted molar refractivity (Wildman–Crippen MR) is 74.5 cm³/mol. The van der Waals surface area contributed by atoms with Crippen molar-refractivity contribution >= 4 is 11.7 Å². The Morgan fingerprint density at radius 3 is 2.68 bits per heavy atom. The van der Waals surface area contributed by atoms with E-state index in [1.165, 1.54) is 6.92 Å². The molecule has 19 heavy (non-hydrogen) atoms. The van der Waals surface area contributed by atoms with E-state index < -0.39 is 0 Å². The molecule has 0 aromatic heterocycles. The maximum absolute atomic E-state index is 11.8. The Balaban J connectivity index is 2.50. The zero-order chi connectivity index (χ0) is 14.3. The van der Waals surface area contributed by atoms with Gasteiger partial charge in [0.05, 0.1) is 0 Å². The summed E-state index contributed by atoms with van der Waals surface area (Å²) in [5.74, 6) is 0.475. The summed E-state index contributed by atoms with van der Waals surface area (Å²) in [6.45, 7) is 4.33. The zero-order valence-electron chi connectivity index (χ0n) is 11.8. The minimum atomic E-state index is -0.0540. The average molecular weight is 263 g/mol. The van der Waals surface area contributed by atoms with Crippen LogP contribution in [0.3, 0.4) is 0 Å². The summed E-state index contributed by atoms with van der Waals surface area (Å²) in [6.07, 6.45) is 2.04. The Hall–Kier alpha value is -1.84. The van der Waals surface area contributed by atoms with Gasteiger partial charge in [0.2, 0.25) is 0 Å². The molecule has 1 amide bonds. The average Bonchev–Trinajstić information content (AvgIpc) is 2.42. The Kier molecular flexibility index (Phi) is 6.06. The summed E-state index contributed by atoms with van der Waals surface area (Å²) in [4.78, 5) is 24.7. The van der Waals surface area contributed by atoms with E-state index >= 15 is 0 Å². The molecule has 0 heterocycles. The van der Waals surface area contributed by atoms with Crippen LogP contribution in [0.2, 0.25) is 0 Å². The molecule has 0 spiro atoms. The molecule has 0 saturated heterocycles. The van der Waals surface area contributed by atoms with Crippen LogP contribution in [0.4, 0.5) is 0 Å². The molecule has 0 atom stereocenters. The highest BCUT2D eigenvalue weighted by Crippen LogP contribution is 2.13.